The van der Waals surface area contributed by atoms with Gasteiger partial charge in [0, 0.05) is 36.2 Å². The summed E-state index contributed by atoms with van der Waals surface area (Å²) in [7, 11) is 1.93. The molecule has 0 aliphatic carbocycles. The van der Waals surface area contributed by atoms with Gasteiger partial charge < -0.3 is 25.7 Å². The number of ether oxygens (including phenoxy) is 1. The Labute approximate surface area is 191 Å². The van der Waals surface area contributed by atoms with Crippen molar-refractivity contribution in [3.05, 3.63) is 60.9 Å². The number of aromatic nitrogens is 3. The van der Waals surface area contributed by atoms with Gasteiger partial charge in [0.25, 0.3) is 5.91 Å². The lowest BCUT2D eigenvalue weighted by molar-refractivity contribution is -0.111. The highest BCUT2D eigenvalue weighted by Gasteiger charge is 2.12. The predicted molar refractivity (Wildman–Crippen MR) is 130 cm³/mol. The van der Waals surface area contributed by atoms with Crippen molar-refractivity contribution in [2.45, 2.75) is 6.92 Å². The average Bonchev–Trinajstić information content (AvgIpc) is 3.26. The number of fused-ring (bicyclic) bond motifs is 1. The summed E-state index contributed by atoms with van der Waals surface area (Å²) in [4.78, 5) is 23.7. The molecule has 0 saturated carbocycles. The quantitative estimate of drug-likeness (QED) is 0.244. The fraction of sp³-hybridized carbons (Fsp3) is 0.160. The summed E-state index contributed by atoms with van der Waals surface area (Å²) in [5.74, 6) is 5.60. The Hall–Kier alpha value is -4.35. The van der Waals surface area contributed by atoms with Crippen LogP contribution in [0, 0.1) is 11.8 Å². The minimum absolute atomic E-state index is 0.377. The van der Waals surface area contributed by atoms with Gasteiger partial charge in [-0.1, -0.05) is 24.1 Å². The van der Waals surface area contributed by atoms with Crippen LogP contribution in [-0.2, 0) is 4.79 Å². The van der Waals surface area contributed by atoms with Gasteiger partial charge in [-0.15, -0.1) is 0 Å². The highest BCUT2D eigenvalue weighted by atomic mass is 16.5. The van der Waals surface area contributed by atoms with E-state index in [0.29, 0.717) is 23.0 Å². The largest absolute Gasteiger partial charge is 0.438 e. The van der Waals surface area contributed by atoms with Gasteiger partial charge in [0.1, 0.15) is 17.7 Å². The van der Waals surface area contributed by atoms with Crippen molar-refractivity contribution >= 4 is 28.3 Å². The maximum Gasteiger partial charge on any atom is 0.300 e. The molecule has 0 aliphatic heterocycles. The highest BCUT2D eigenvalue weighted by Crippen LogP contribution is 2.31. The van der Waals surface area contributed by atoms with Crippen LogP contribution < -0.4 is 20.7 Å². The number of nitrogens with zero attached hydrogens (tertiary/aromatic N) is 2. The molecule has 0 atom stereocenters. The molecular formula is C25H24N6O2. The van der Waals surface area contributed by atoms with Crippen molar-refractivity contribution in [1.82, 2.24) is 20.3 Å². The SMILES string of the molecule is CC#CC(=O)Nc1cccc(Oc2ncnc3[nH]c(-c4ccc(NCCNC)cc4)cc23)c1. The molecular weight excluding hydrogens is 416 g/mol. The molecule has 0 radical (unpaired) electrons. The number of aromatic amines is 1. The number of rotatable bonds is 8. The summed E-state index contributed by atoms with van der Waals surface area (Å²) in [6, 6.07) is 17.2. The Balaban J connectivity index is 1.54. The minimum Gasteiger partial charge on any atom is -0.438 e. The first-order chi connectivity index (χ1) is 16.2. The maximum atomic E-state index is 11.7. The number of nitrogens with one attached hydrogen (secondary N) is 4. The van der Waals surface area contributed by atoms with Gasteiger partial charge in [0.2, 0.25) is 5.88 Å². The Morgan fingerprint density at radius 3 is 2.70 bits per heavy atom. The van der Waals surface area contributed by atoms with Gasteiger partial charge in [-0.3, -0.25) is 4.79 Å². The van der Waals surface area contributed by atoms with Crippen molar-refractivity contribution < 1.29 is 9.53 Å². The summed E-state index contributed by atoms with van der Waals surface area (Å²) >= 11 is 0. The van der Waals surface area contributed by atoms with E-state index in [4.69, 9.17) is 4.74 Å². The van der Waals surface area contributed by atoms with Crippen LogP contribution in [0.3, 0.4) is 0 Å². The van der Waals surface area contributed by atoms with Crippen LogP contribution in [0.4, 0.5) is 11.4 Å². The van der Waals surface area contributed by atoms with Crippen LogP contribution in [0.25, 0.3) is 22.3 Å². The number of likely N-dealkylation sites (N-methyl/N-ethyl adjacent to an activating group) is 1. The van der Waals surface area contributed by atoms with E-state index in [0.717, 1.165) is 35.4 Å². The Morgan fingerprint density at radius 2 is 1.91 bits per heavy atom. The standard InChI is InChI=1S/C25H24N6O2/c1-3-5-23(32)30-19-6-4-7-20(14-19)33-25-21-15-22(31-24(21)28-16-29-25)17-8-10-18(11-9-17)27-13-12-26-2/h4,6-11,14-16,26-27H,12-13H2,1-2H3,(H,30,32)(H,28,29,31). The topological polar surface area (TPSA) is 104 Å². The third-order valence-electron chi connectivity index (χ3n) is 4.83. The van der Waals surface area contributed by atoms with E-state index in [1.807, 2.05) is 37.4 Å². The second kappa shape index (κ2) is 10.3. The van der Waals surface area contributed by atoms with Crippen molar-refractivity contribution in [3.8, 4) is 34.7 Å². The molecule has 0 bridgehead atoms. The summed E-state index contributed by atoms with van der Waals surface area (Å²) in [5, 5.41) is 9.95. The van der Waals surface area contributed by atoms with Crippen LogP contribution in [0.15, 0.2) is 60.9 Å². The summed E-state index contributed by atoms with van der Waals surface area (Å²) in [5.41, 5.74) is 4.26. The molecule has 2 aromatic carbocycles. The minimum atomic E-state index is -0.377. The van der Waals surface area contributed by atoms with Gasteiger partial charge >= 0.3 is 0 Å². The smallest absolute Gasteiger partial charge is 0.300 e. The summed E-state index contributed by atoms with van der Waals surface area (Å²) in [6.07, 6.45) is 1.45. The zero-order valence-corrected chi connectivity index (χ0v) is 18.4. The van der Waals surface area contributed by atoms with E-state index in [-0.39, 0.29) is 5.91 Å². The van der Waals surface area contributed by atoms with Gasteiger partial charge in [0.15, 0.2) is 0 Å². The Bertz CT molecular complexity index is 1320. The average molecular weight is 441 g/mol. The van der Waals surface area contributed by atoms with Crippen molar-refractivity contribution in [1.29, 1.82) is 0 Å². The number of amides is 1. The van der Waals surface area contributed by atoms with Crippen LogP contribution in [-0.4, -0.2) is 41.0 Å². The van der Waals surface area contributed by atoms with Crippen molar-refractivity contribution in [3.63, 3.8) is 0 Å². The second-order valence-corrected chi connectivity index (χ2v) is 7.19. The van der Waals surface area contributed by atoms with Crippen LogP contribution in [0.5, 0.6) is 11.6 Å². The predicted octanol–water partition coefficient (Wildman–Crippen LogP) is 4.01. The van der Waals surface area contributed by atoms with E-state index in [1.54, 1.807) is 31.2 Å². The molecule has 8 nitrogen and oxygen atoms in total. The molecule has 4 aromatic rings. The highest BCUT2D eigenvalue weighted by molar-refractivity contribution is 6.04. The lowest BCUT2D eigenvalue weighted by Crippen LogP contribution is -2.17. The molecule has 2 heterocycles. The fourth-order valence-electron chi connectivity index (χ4n) is 3.28. The molecule has 2 aromatic heterocycles. The number of benzene rings is 2. The summed E-state index contributed by atoms with van der Waals surface area (Å²) in [6.45, 7) is 3.36. The molecule has 0 fully saturated rings. The Morgan fingerprint density at radius 1 is 1.06 bits per heavy atom. The second-order valence-electron chi connectivity index (χ2n) is 7.19. The molecule has 0 spiro atoms. The van der Waals surface area contributed by atoms with Gasteiger partial charge in [-0.2, -0.15) is 0 Å². The van der Waals surface area contributed by atoms with Gasteiger partial charge in [-0.05, 0) is 55.8 Å². The zero-order chi connectivity index (χ0) is 23.0. The number of hydrogen-bond acceptors (Lipinski definition) is 6. The van der Waals surface area contributed by atoms with Gasteiger partial charge in [0.05, 0.1) is 5.39 Å². The lowest BCUT2D eigenvalue weighted by Gasteiger charge is -2.07. The molecule has 4 rings (SSSR count). The van der Waals surface area contributed by atoms with Crippen LogP contribution in [0.1, 0.15) is 6.92 Å². The number of carbonyl (C=O) groups is 1. The van der Waals surface area contributed by atoms with Crippen LogP contribution >= 0.6 is 0 Å². The molecule has 4 N–H and O–H groups in total. The molecule has 8 heteroatoms. The van der Waals surface area contributed by atoms with E-state index >= 15 is 0 Å². The zero-order valence-electron chi connectivity index (χ0n) is 18.4. The monoisotopic (exact) mass is 440 g/mol. The van der Waals surface area contributed by atoms with E-state index in [9.17, 15) is 4.79 Å². The normalized spacial score (nSPS) is 10.4. The first kappa shape index (κ1) is 21.9. The molecule has 1 amide bonds. The third kappa shape index (κ3) is 5.47. The molecule has 0 aliphatic rings. The maximum absolute atomic E-state index is 11.7. The fourth-order valence-corrected chi connectivity index (χ4v) is 3.28. The van der Waals surface area contributed by atoms with E-state index in [2.05, 4.69) is 42.7 Å². The van der Waals surface area contributed by atoms with Crippen LogP contribution in [0.2, 0.25) is 0 Å². The molecule has 0 unspecified atom stereocenters. The summed E-state index contributed by atoms with van der Waals surface area (Å²) < 4.78 is 6.02. The molecule has 33 heavy (non-hydrogen) atoms. The molecule has 0 saturated heterocycles. The number of hydrogen-bond donors (Lipinski definition) is 4. The van der Waals surface area contributed by atoms with Gasteiger partial charge in [-0.25, -0.2) is 9.97 Å². The first-order valence-corrected chi connectivity index (χ1v) is 10.5. The third-order valence-corrected chi connectivity index (χ3v) is 4.83. The first-order valence-electron chi connectivity index (χ1n) is 10.5. The number of anilines is 2. The van der Waals surface area contributed by atoms with Crippen molar-refractivity contribution in [2.75, 3.05) is 30.8 Å². The van der Waals surface area contributed by atoms with E-state index in [1.165, 1.54) is 6.33 Å². The Kier molecular flexibility index (Phi) is 6.83. The molecule has 166 valence electrons. The number of carbonyl (C=O) groups excluding carboxylic acids is 1. The lowest BCUT2D eigenvalue weighted by atomic mass is 10.1. The van der Waals surface area contributed by atoms with Crippen molar-refractivity contribution in [2.24, 2.45) is 0 Å². The van der Waals surface area contributed by atoms with E-state index < -0.39 is 0 Å². The number of H-pyrrole nitrogens is 1.